The number of aliphatic hydroxyl groups excluding tert-OH is 1. The summed E-state index contributed by atoms with van der Waals surface area (Å²) in [5.41, 5.74) is 2.15. The summed E-state index contributed by atoms with van der Waals surface area (Å²) in [4.78, 5) is 0. The number of halogens is 1. The Morgan fingerprint density at radius 2 is 1.78 bits per heavy atom. The Labute approximate surface area is 112 Å². The lowest BCUT2D eigenvalue weighted by molar-refractivity contribution is 0.296. The highest BCUT2D eigenvalue weighted by Crippen LogP contribution is 2.16. The zero-order valence-corrected chi connectivity index (χ0v) is 10.7. The van der Waals surface area contributed by atoms with E-state index in [1.54, 1.807) is 0 Å². The van der Waals surface area contributed by atoms with Crippen molar-refractivity contribution in [3.63, 3.8) is 0 Å². The van der Waals surface area contributed by atoms with Gasteiger partial charge in [0, 0.05) is 11.6 Å². The van der Waals surface area contributed by atoms with Gasteiger partial charge in [0.05, 0.1) is 0 Å². The predicted molar refractivity (Wildman–Crippen MR) is 73.0 cm³/mol. The van der Waals surface area contributed by atoms with Gasteiger partial charge in [-0.2, -0.15) is 0 Å². The van der Waals surface area contributed by atoms with Crippen molar-refractivity contribution in [2.75, 3.05) is 6.61 Å². The summed E-state index contributed by atoms with van der Waals surface area (Å²) in [6.45, 7) is 0.667. The number of rotatable bonds is 5. The molecule has 0 saturated carbocycles. The average Bonchev–Trinajstić information content (AvgIpc) is 2.39. The largest absolute Gasteiger partial charge is 0.489 e. The number of ether oxygens (including phenoxy) is 1. The molecule has 0 atom stereocenters. The maximum absolute atomic E-state index is 8.89. The number of benzene rings is 2. The highest BCUT2D eigenvalue weighted by molar-refractivity contribution is 6.30. The number of hydrogen-bond donors (Lipinski definition) is 1. The Morgan fingerprint density at radius 3 is 2.50 bits per heavy atom. The van der Waals surface area contributed by atoms with Gasteiger partial charge in [0.2, 0.25) is 0 Å². The van der Waals surface area contributed by atoms with Crippen LogP contribution in [0.5, 0.6) is 5.75 Å². The van der Waals surface area contributed by atoms with E-state index in [0.29, 0.717) is 13.0 Å². The zero-order chi connectivity index (χ0) is 12.8. The van der Waals surface area contributed by atoms with Crippen molar-refractivity contribution in [1.82, 2.24) is 0 Å². The first-order valence-electron chi connectivity index (χ1n) is 5.85. The molecule has 2 rings (SSSR count). The monoisotopic (exact) mass is 262 g/mol. The van der Waals surface area contributed by atoms with E-state index in [1.165, 1.54) is 0 Å². The van der Waals surface area contributed by atoms with Crippen molar-refractivity contribution in [3.05, 3.63) is 64.7 Å². The van der Waals surface area contributed by atoms with E-state index in [9.17, 15) is 0 Å². The zero-order valence-electron chi connectivity index (χ0n) is 9.97. The van der Waals surface area contributed by atoms with E-state index in [-0.39, 0.29) is 6.61 Å². The van der Waals surface area contributed by atoms with E-state index in [0.717, 1.165) is 21.9 Å². The van der Waals surface area contributed by atoms with Crippen LogP contribution in [-0.2, 0) is 13.0 Å². The molecule has 0 aliphatic carbocycles. The van der Waals surface area contributed by atoms with Crippen LogP contribution in [0.25, 0.3) is 0 Å². The van der Waals surface area contributed by atoms with Crippen LogP contribution in [0.1, 0.15) is 11.1 Å². The molecule has 0 saturated heterocycles. The number of aliphatic hydroxyl groups is 1. The summed E-state index contributed by atoms with van der Waals surface area (Å²) in [6, 6.07) is 15.4. The standard InChI is InChI=1S/C15H15ClO2/c16-14-6-4-13(5-7-14)11-18-15-3-1-2-12(10-15)8-9-17/h1-7,10,17H,8-9,11H2. The maximum Gasteiger partial charge on any atom is 0.120 e. The van der Waals surface area contributed by atoms with Crippen LogP contribution >= 0.6 is 11.6 Å². The molecule has 0 amide bonds. The van der Waals surface area contributed by atoms with Crippen molar-refractivity contribution in [2.45, 2.75) is 13.0 Å². The van der Waals surface area contributed by atoms with Crippen molar-refractivity contribution in [1.29, 1.82) is 0 Å². The van der Waals surface area contributed by atoms with Crippen LogP contribution in [0.15, 0.2) is 48.5 Å². The highest BCUT2D eigenvalue weighted by atomic mass is 35.5. The fourth-order valence-electron chi connectivity index (χ4n) is 1.67. The third kappa shape index (κ3) is 3.76. The Morgan fingerprint density at radius 1 is 1.00 bits per heavy atom. The molecule has 0 spiro atoms. The number of hydrogen-bond acceptors (Lipinski definition) is 2. The second-order valence-electron chi connectivity index (χ2n) is 4.04. The van der Waals surface area contributed by atoms with Gasteiger partial charge < -0.3 is 9.84 Å². The molecule has 0 fully saturated rings. The van der Waals surface area contributed by atoms with Crippen molar-refractivity contribution < 1.29 is 9.84 Å². The second kappa shape index (κ2) is 6.43. The van der Waals surface area contributed by atoms with Crippen molar-refractivity contribution in [2.24, 2.45) is 0 Å². The molecule has 0 unspecified atom stereocenters. The molecule has 0 bridgehead atoms. The molecule has 18 heavy (non-hydrogen) atoms. The quantitative estimate of drug-likeness (QED) is 0.894. The van der Waals surface area contributed by atoms with Crippen LogP contribution in [-0.4, -0.2) is 11.7 Å². The van der Waals surface area contributed by atoms with E-state index < -0.39 is 0 Å². The molecular formula is C15H15ClO2. The first-order valence-corrected chi connectivity index (χ1v) is 6.23. The summed E-state index contributed by atoms with van der Waals surface area (Å²) in [5, 5.41) is 9.62. The topological polar surface area (TPSA) is 29.5 Å². The summed E-state index contributed by atoms with van der Waals surface area (Å²) in [6.07, 6.45) is 0.651. The highest BCUT2D eigenvalue weighted by Gasteiger charge is 1.98. The van der Waals surface area contributed by atoms with Gasteiger partial charge in [0.1, 0.15) is 12.4 Å². The average molecular weight is 263 g/mol. The third-order valence-electron chi connectivity index (χ3n) is 2.62. The lowest BCUT2D eigenvalue weighted by Crippen LogP contribution is -1.96. The predicted octanol–water partition coefficient (Wildman–Crippen LogP) is 3.45. The Hall–Kier alpha value is -1.51. The molecule has 0 heterocycles. The minimum atomic E-state index is 0.153. The van der Waals surface area contributed by atoms with Gasteiger partial charge in [-0.05, 0) is 41.8 Å². The summed E-state index contributed by atoms with van der Waals surface area (Å²) in [7, 11) is 0. The second-order valence-corrected chi connectivity index (χ2v) is 4.47. The molecule has 2 nitrogen and oxygen atoms in total. The molecular weight excluding hydrogens is 248 g/mol. The summed E-state index contributed by atoms with van der Waals surface area (Å²) >= 11 is 5.82. The minimum Gasteiger partial charge on any atom is -0.489 e. The summed E-state index contributed by atoms with van der Waals surface area (Å²) < 4.78 is 5.69. The van der Waals surface area contributed by atoms with E-state index in [1.807, 2.05) is 48.5 Å². The van der Waals surface area contributed by atoms with Gasteiger partial charge in [-0.1, -0.05) is 35.9 Å². The fourth-order valence-corrected chi connectivity index (χ4v) is 1.79. The van der Waals surface area contributed by atoms with Crippen LogP contribution < -0.4 is 4.74 Å². The molecule has 3 heteroatoms. The molecule has 0 radical (unpaired) electrons. The molecule has 0 aliphatic heterocycles. The molecule has 2 aromatic rings. The van der Waals surface area contributed by atoms with Gasteiger partial charge in [-0.25, -0.2) is 0 Å². The van der Waals surface area contributed by atoms with Crippen LogP contribution in [0, 0.1) is 0 Å². The smallest absolute Gasteiger partial charge is 0.120 e. The first-order chi connectivity index (χ1) is 8.78. The van der Waals surface area contributed by atoms with Crippen LogP contribution in [0.3, 0.4) is 0 Å². The SMILES string of the molecule is OCCc1cccc(OCc2ccc(Cl)cc2)c1. The Balaban J connectivity index is 1.97. The maximum atomic E-state index is 8.89. The minimum absolute atomic E-state index is 0.153. The van der Waals surface area contributed by atoms with Gasteiger partial charge in [0.25, 0.3) is 0 Å². The van der Waals surface area contributed by atoms with Gasteiger partial charge in [-0.3, -0.25) is 0 Å². The molecule has 94 valence electrons. The van der Waals surface area contributed by atoms with Crippen LogP contribution in [0.4, 0.5) is 0 Å². The van der Waals surface area contributed by atoms with E-state index >= 15 is 0 Å². The normalized spacial score (nSPS) is 10.3. The van der Waals surface area contributed by atoms with E-state index in [2.05, 4.69) is 0 Å². The first kappa shape index (κ1) is 12.9. The fraction of sp³-hybridized carbons (Fsp3) is 0.200. The Kier molecular flexibility index (Phi) is 4.62. The third-order valence-corrected chi connectivity index (χ3v) is 2.87. The van der Waals surface area contributed by atoms with Crippen LogP contribution in [0.2, 0.25) is 5.02 Å². The van der Waals surface area contributed by atoms with Gasteiger partial charge >= 0.3 is 0 Å². The lowest BCUT2D eigenvalue weighted by Gasteiger charge is -2.08. The molecule has 2 aromatic carbocycles. The Bertz CT molecular complexity index is 494. The molecule has 0 aromatic heterocycles. The molecule has 0 aliphatic rings. The van der Waals surface area contributed by atoms with Crippen molar-refractivity contribution >= 4 is 11.6 Å². The van der Waals surface area contributed by atoms with Gasteiger partial charge in [0.15, 0.2) is 0 Å². The van der Waals surface area contributed by atoms with Crippen molar-refractivity contribution in [3.8, 4) is 5.75 Å². The lowest BCUT2D eigenvalue weighted by atomic mass is 10.1. The van der Waals surface area contributed by atoms with E-state index in [4.69, 9.17) is 21.4 Å². The van der Waals surface area contributed by atoms with Gasteiger partial charge in [-0.15, -0.1) is 0 Å². The summed E-state index contributed by atoms with van der Waals surface area (Å²) in [5.74, 6) is 0.816. The molecule has 1 N–H and O–H groups in total.